The lowest BCUT2D eigenvalue weighted by molar-refractivity contribution is 0.515. The van der Waals surface area contributed by atoms with Gasteiger partial charge in [0.05, 0.1) is 0 Å². The molecule has 0 amide bonds. The van der Waals surface area contributed by atoms with Crippen molar-refractivity contribution < 1.29 is 0 Å². The van der Waals surface area contributed by atoms with Crippen molar-refractivity contribution in [2.45, 2.75) is 26.3 Å². The van der Waals surface area contributed by atoms with Gasteiger partial charge in [-0.2, -0.15) is 0 Å². The van der Waals surface area contributed by atoms with E-state index in [1.165, 1.54) is 5.56 Å². The maximum atomic E-state index is 4.44. The molecule has 0 radical (unpaired) electrons. The molecule has 1 aromatic rings. The molecule has 2 nitrogen and oxygen atoms in total. The second kappa shape index (κ2) is 3.12. The molecule has 74 valence electrons. The van der Waals surface area contributed by atoms with E-state index in [1.54, 1.807) is 0 Å². The van der Waals surface area contributed by atoms with Gasteiger partial charge in [-0.05, 0) is 32.9 Å². The molecular weight excluding hydrogens is 172 g/mol. The van der Waals surface area contributed by atoms with Gasteiger partial charge in [0.15, 0.2) is 0 Å². The first-order valence-electron chi connectivity index (χ1n) is 4.98. The summed E-state index contributed by atoms with van der Waals surface area (Å²) in [4.78, 5) is 6.76. The van der Waals surface area contributed by atoms with E-state index in [-0.39, 0.29) is 5.54 Å². The van der Waals surface area contributed by atoms with Gasteiger partial charge >= 0.3 is 0 Å². The van der Waals surface area contributed by atoms with Crippen molar-refractivity contribution in [3.8, 4) is 0 Å². The van der Waals surface area contributed by atoms with Crippen molar-refractivity contribution in [2.75, 3.05) is 11.4 Å². The Labute approximate surface area is 85.3 Å². The zero-order valence-electron chi connectivity index (χ0n) is 8.99. The SMILES string of the molecule is CC(C)(C)N1CC=Cc2cccnc21. The Hall–Kier alpha value is -1.31. The third-order valence-electron chi connectivity index (χ3n) is 2.47. The Morgan fingerprint density at radius 1 is 1.36 bits per heavy atom. The first-order valence-corrected chi connectivity index (χ1v) is 4.98. The number of aromatic nitrogens is 1. The van der Waals surface area contributed by atoms with Gasteiger partial charge in [-0.1, -0.05) is 12.2 Å². The van der Waals surface area contributed by atoms with E-state index in [0.717, 1.165) is 12.4 Å². The maximum absolute atomic E-state index is 4.44. The van der Waals surface area contributed by atoms with E-state index >= 15 is 0 Å². The molecule has 14 heavy (non-hydrogen) atoms. The molecule has 1 aliphatic heterocycles. The summed E-state index contributed by atoms with van der Waals surface area (Å²) >= 11 is 0. The van der Waals surface area contributed by atoms with Gasteiger partial charge in [-0.3, -0.25) is 0 Å². The van der Waals surface area contributed by atoms with E-state index in [4.69, 9.17) is 0 Å². The topological polar surface area (TPSA) is 16.1 Å². The summed E-state index contributed by atoms with van der Waals surface area (Å²) in [7, 11) is 0. The van der Waals surface area contributed by atoms with Crippen LogP contribution in [0.5, 0.6) is 0 Å². The van der Waals surface area contributed by atoms with Crippen LogP contribution in [-0.2, 0) is 0 Å². The Kier molecular flexibility index (Phi) is 2.06. The Balaban J connectivity index is 2.46. The largest absolute Gasteiger partial charge is 0.348 e. The smallest absolute Gasteiger partial charge is 0.136 e. The van der Waals surface area contributed by atoms with Gasteiger partial charge in [0.1, 0.15) is 5.82 Å². The Bertz CT molecular complexity index is 361. The van der Waals surface area contributed by atoms with Crippen molar-refractivity contribution in [3.05, 3.63) is 30.0 Å². The molecule has 0 aliphatic carbocycles. The van der Waals surface area contributed by atoms with Gasteiger partial charge in [0, 0.05) is 23.8 Å². The highest BCUT2D eigenvalue weighted by molar-refractivity contribution is 5.68. The van der Waals surface area contributed by atoms with Crippen molar-refractivity contribution in [1.82, 2.24) is 4.98 Å². The summed E-state index contributed by atoms with van der Waals surface area (Å²) in [6.07, 6.45) is 6.19. The lowest BCUT2D eigenvalue weighted by Crippen LogP contribution is -2.43. The van der Waals surface area contributed by atoms with Crippen molar-refractivity contribution in [3.63, 3.8) is 0 Å². The molecule has 0 fully saturated rings. The van der Waals surface area contributed by atoms with E-state index in [1.807, 2.05) is 12.3 Å². The zero-order valence-corrected chi connectivity index (χ0v) is 8.99. The number of rotatable bonds is 0. The van der Waals surface area contributed by atoms with E-state index in [0.29, 0.717) is 0 Å². The van der Waals surface area contributed by atoms with Gasteiger partial charge < -0.3 is 4.90 Å². The van der Waals surface area contributed by atoms with E-state index in [9.17, 15) is 0 Å². The Morgan fingerprint density at radius 2 is 2.14 bits per heavy atom. The first kappa shape index (κ1) is 9.25. The van der Waals surface area contributed by atoms with Gasteiger partial charge in [0.2, 0.25) is 0 Å². The van der Waals surface area contributed by atoms with Crippen LogP contribution in [0.3, 0.4) is 0 Å². The average molecular weight is 188 g/mol. The van der Waals surface area contributed by atoms with Crippen LogP contribution in [0.4, 0.5) is 5.82 Å². The lowest BCUT2D eigenvalue weighted by Gasteiger charge is -2.38. The number of anilines is 1. The molecule has 0 spiro atoms. The van der Waals surface area contributed by atoms with Crippen LogP contribution in [0.25, 0.3) is 6.08 Å². The molecule has 2 rings (SSSR count). The monoisotopic (exact) mass is 188 g/mol. The van der Waals surface area contributed by atoms with Crippen LogP contribution in [0.2, 0.25) is 0 Å². The van der Waals surface area contributed by atoms with Gasteiger partial charge in [0.25, 0.3) is 0 Å². The normalized spacial score (nSPS) is 15.5. The lowest BCUT2D eigenvalue weighted by atomic mass is 10.0. The van der Waals surface area contributed by atoms with Crippen LogP contribution in [-0.4, -0.2) is 17.1 Å². The molecule has 0 atom stereocenters. The van der Waals surface area contributed by atoms with Gasteiger partial charge in [-0.25, -0.2) is 4.98 Å². The third-order valence-corrected chi connectivity index (χ3v) is 2.47. The van der Waals surface area contributed by atoms with Crippen molar-refractivity contribution >= 4 is 11.9 Å². The number of fused-ring (bicyclic) bond motifs is 1. The molecule has 2 heterocycles. The highest BCUT2D eigenvalue weighted by Crippen LogP contribution is 2.28. The number of hydrogen-bond acceptors (Lipinski definition) is 2. The first-order chi connectivity index (χ1) is 6.59. The molecule has 0 bridgehead atoms. The van der Waals surface area contributed by atoms with Crippen molar-refractivity contribution in [1.29, 1.82) is 0 Å². The number of pyridine rings is 1. The van der Waals surface area contributed by atoms with Crippen LogP contribution < -0.4 is 4.90 Å². The fourth-order valence-corrected chi connectivity index (χ4v) is 1.73. The minimum atomic E-state index is 0.133. The van der Waals surface area contributed by atoms with Crippen LogP contribution in [0.1, 0.15) is 26.3 Å². The van der Waals surface area contributed by atoms with Crippen LogP contribution >= 0.6 is 0 Å². The second-order valence-electron chi connectivity index (χ2n) is 4.60. The van der Waals surface area contributed by atoms with E-state index in [2.05, 4.69) is 48.9 Å². The molecule has 0 saturated heterocycles. The standard InChI is InChI=1S/C12H16N2/c1-12(2,3)14-9-5-7-10-6-4-8-13-11(10)14/h4-8H,9H2,1-3H3. The van der Waals surface area contributed by atoms with Crippen molar-refractivity contribution in [2.24, 2.45) is 0 Å². The quantitative estimate of drug-likeness (QED) is 0.622. The summed E-state index contributed by atoms with van der Waals surface area (Å²) in [5, 5.41) is 0. The molecule has 0 unspecified atom stereocenters. The predicted octanol–water partition coefficient (Wildman–Crippen LogP) is 2.71. The minimum absolute atomic E-state index is 0.133. The third kappa shape index (κ3) is 1.52. The maximum Gasteiger partial charge on any atom is 0.136 e. The number of hydrogen-bond donors (Lipinski definition) is 0. The predicted molar refractivity (Wildman–Crippen MR) is 60.4 cm³/mol. The van der Waals surface area contributed by atoms with E-state index < -0.39 is 0 Å². The zero-order chi connectivity index (χ0) is 10.2. The molecular formula is C12H16N2. The summed E-state index contributed by atoms with van der Waals surface area (Å²) in [6, 6.07) is 4.09. The fraction of sp³-hybridized carbons (Fsp3) is 0.417. The Morgan fingerprint density at radius 3 is 2.86 bits per heavy atom. The minimum Gasteiger partial charge on any atom is -0.348 e. The summed E-state index contributed by atoms with van der Waals surface area (Å²) in [5.74, 6) is 1.10. The highest BCUT2D eigenvalue weighted by atomic mass is 15.2. The van der Waals surface area contributed by atoms with Crippen LogP contribution in [0.15, 0.2) is 24.4 Å². The molecule has 2 heteroatoms. The summed E-state index contributed by atoms with van der Waals surface area (Å²) < 4.78 is 0. The fourth-order valence-electron chi connectivity index (χ4n) is 1.73. The summed E-state index contributed by atoms with van der Waals surface area (Å²) in [6.45, 7) is 7.59. The highest BCUT2D eigenvalue weighted by Gasteiger charge is 2.24. The molecule has 0 aromatic carbocycles. The van der Waals surface area contributed by atoms with Gasteiger partial charge in [-0.15, -0.1) is 0 Å². The second-order valence-corrected chi connectivity index (χ2v) is 4.60. The molecule has 0 N–H and O–H groups in total. The van der Waals surface area contributed by atoms with Crippen LogP contribution in [0, 0.1) is 0 Å². The molecule has 1 aliphatic rings. The molecule has 0 saturated carbocycles. The molecule has 1 aromatic heterocycles. The average Bonchev–Trinajstić information content (AvgIpc) is 2.15. The number of nitrogens with zero attached hydrogens (tertiary/aromatic N) is 2. The summed E-state index contributed by atoms with van der Waals surface area (Å²) in [5.41, 5.74) is 1.35.